The summed E-state index contributed by atoms with van der Waals surface area (Å²) in [6, 6.07) is -1.01. The van der Waals surface area contributed by atoms with Gasteiger partial charge in [0.25, 0.3) is 0 Å². The number of rotatable bonds is 48. The number of unbranched alkanes of at least 4 members (excludes halogenated alkanes) is 34. The number of amides is 1. The Morgan fingerprint density at radius 1 is 0.433 bits per heavy atom. The summed E-state index contributed by atoms with van der Waals surface area (Å²) in [6.07, 6.45) is 59.6. The Balaban J connectivity index is 3.54. The highest BCUT2D eigenvalue weighted by molar-refractivity contribution is 5.80. The SMILES string of the molecule is C/C=C/CC/C=C/CC/C=C/CCCC(O)C(O)C(CO)NC(=O)C(O)CCCCCCCCCCCCCCCCCCCCCCCCCCCCCCCCCC. The van der Waals surface area contributed by atoms with Gasteiger partial charge in [0.2, 0.25) is 5.91 Å². The van der Waals surface area contributed by atoms with Crippen LogP contribution in [0.5, 0.6) is 0 Å². The van der Waals surface area contributed by atoms with Gasteiger partial charge in [0.05, 0.1) is 18.8 Å². The molecule has 0 saturated heterocycles. The molecule has 60 heavy (non-hydrogen) atoms. The summed E-state index contributed by atoms with van der Waals surface area (Å²) in [4.78, 5) is 12.5. The fourth-order valence-corrected chi connectivity index (χ4v) is 8.27. The van der Waals surface area contributed by atoms with E-state index in [-0.39, 0.29) is 0 Å². The molecule has 0 heterocycles. The van der Waals surface area contributed by atoms with Crippen molar-refractivity contribution in [2.45, 2.75) is 295 Å². The third-order valence-corrected chi connectivity index (χ3v) is 12.4. The maximum atomic E-state index is 12.5. The van der Waals surface area contributed by atoms with Crippen LogP contribution < -0.4 is 5.32 Å². The molecule has 0 radical (unpaired) electrons. The Hall–Kier alpha value is -1.47. The first-order chi connectivity index (χ1) is 29.5. The van der Waals surface area contributed by atoms with Crippen molar-refractivity contribution in [1.82, 2.24) is 5.32 Å². The van der Waals surface area contributed by atoms with E-state index < -0.39 is 36.9 Å². The minimum absolute atomic E-state index is 0.362. The predicted octanol–water partition coefficient (Wildman–Crippen LogP) is 14.9. The summed E-state index contributed by atoms with van der Waals surface area (Å²) >= 11 is 0. The Labute approximate surface area is 373 Å². The number of carbonyl (C=O) groups is 1. The van der Waals surface area contributed by atoms with E-state index in [0.717, 1.165) is 51.4 Å². The van der Waals surface area contributed by atoms with Gasteiger partial charge in [-0.05, 0) is 58.3 Å². The molecule has 6 nitrogen and oxygen atoms in total. The van der Waals surface area contributed by atoms with Crippen LogP contribution in [0.25, 0.3) is 0 Å². The van der Waals surface area contributed by atoms with E-state index in [2.05, 4.69) is 48.7 Å². The molecule has 0 aromatic rings. The summed E-state index contributed by atoms with van der Waals surface area (Å²) in [6.45, 7) is 3.83. The number of allylic oxidation sites excluding steroid dienone is 6. The number of hydrogen-bond acceptors (Lipinski definition) is 5. The molecule has 4 atom stereocenters. The Morgan fingerprint density at radius 3 is 1.08 bits per heavy atom. The molecule has 1 amide bonds. The minimum atomic E-state index is -1.29. The first-order valence-electron chi connectivity index (χ1n) is 26.3. The van der Waals surface area contributed by atoms with Crippen LogP contribution in [0.4, 0.5) is 0 Å². The lowest BCUT2D eigenvalue weighted by Gasteiger charge is -2.27. The van der Waals surface area contributed by atoms with E-state index in [1.54, 1.807) is 0 Å². The van der Waals surface area contributed by atoms with Crippen LogP contribution in [0.3, 0.4) is 0 Å². The van der Waals surface area contributed by atoms with Crippen LogP contribution in [0.1, 0.15) is 271 Å². The number of carbonyl (C=O) groups excluding carboxylic acids is 1. The van der Waals surface area contributed by atoms with E-state index >= 15 is 0 Å². The summed E-state index contributed by atoms with van der Waals surface area (Å²) in [7, 11) is 0. The molecule has 0 bridgehead atoms. The summed E-state index contributed by atoms with van der Waals surface area (Å²) in [5, 5.41) is 43.7. The van der Waals surface area contributed by atoms with Crippen molar-refractivity contribution < 1.29 is 25.2 Å². The second kappa shape index (κ2) is 48.6. The van der Waals surface area contributed by atoms with Gasteiger partial charge in [0.1, 0.15) is 12.2 Å². The van der Waals surface area contributed by atoms with E-state index in [1.165, 1.54) is 186 Å². The molecular formula is C54H103NO5. The molecule has 0 aliphatic rings. The highest BCUT2D eigenvalue weighted by atomic mass is 16.3. The highest BCUT2D eigenvalue weighted by Crippen LogP contribution is 2.18. The highest BCUT2D eigenvalue weighted by Gasteiger charge is 2.28. The lowest BCUT2D eigenvalue weighted by Crippen LogP contribution is -2.53. The van der Waals surface area contributed by atoms with E-state index in [1.807, 2.05) is 6.92 Å². The molecule has 0 fully saturated rings. The number of hydrogen-bond donors (Lipinski definition) is 5. The average Bonchev–Trinajstić information content (AvgIpc) is 3.25. The third kappa shape index (κ3) is 41.9. The van der Waals surface area contributed by atoms with Crippen LogP contribution in [-0.2, 0) is 4.79 Å². The van der Waals surface area contributed by atoms with Crippen LogP contribution >= 0.6 is 0 Å². The first-order valence-corrected chi connectivity index (χ1v) is 26.3. The molecule has 0 rings (SSSR count). The average molecular weight is 846 g/mol. The second-order valence-corrected chi connectivity index (χ2v) is 18.2. The van der Waals surface area contributed by atoms with Crippen molar-refractivity contribution in [2.75, 3.05) is 6.61 Å². The molecule has 0 aliphatic carbocycles. The van der Waals surface area contributed by atoms with Crippen molar-refractivity contribution in [3.8, 4) is 0 Å². The van der Waals surface area contributed by atoms with E-state index in [0.29, 0.717) is 19.3 Å². The third-order valence-electron chi connectivity index (χ3n) is 12.4. The molecule has 354 valence electrons. The van der Waals surface area contributed by atoms with Crippen molar-refractivity contribution >= 4 is 5.91 Å². The van der Waals surface area contributed by atoms with Gasteiger partial charge in [-0.15, -0.1) is 0 Å². The molecule has 0 aromatic heterocycles. The van der Waals surface area contributed by atoms with Crippen molar-refractivity contribution in [3.63, 3.8) is 0 Å². The Morgan fingerprint density at radius 2 is 0.750 bits per heavy atom. The summed E-state index contributed by atoms with van der Waals surface area (Å²) in [5.41, 5.74) is 0. The lowest BCUT2D eigenvalue weighted by molar-refractivity contribution is -0.132. The topological polar surface area (TPSA) is 110 Å². The fraction of sp³-hybridized carbons (Fsp3) is 0.870. The van der Waals surface area contributed by atoms with Gasteiger partial charge in [0.15, 0.2) is 0 Å². The van der Waals surface area contributed by atoms with E-state index in [9.17, 15) is 25.2 Å². The molecule has 0 aromatic carbocycles. The molecular weight excluding hydrogens is 743 g/mol. The van der Waals surface area contributed by atoms with Gasteiger partial charge in [0, 0.05) is 0 Å². The van der Waals surface area contributed by atoms with Crippen LogP contribution in [0, 0.1) is 0 Å². The monoisotopic (exact) mass is 846 g/mol. The normalized spacial score (nSPS) is 14.2. The molecule has 4 unspecified atom stereocenters. The molecule has 6 heteroatoms. The maximum absolute atomic E-state index is 12.5. The Kier molecular flexibility index (Phi) is 47.4. The summed E-state index contributed by atoms with van der Waals surface area (Å²) in [5.74, 6) is -0.597. The molecule has 5 N–H and O–H groups in total. The summed E-state index contributed by atoms with van der Waals surface area (Å²) < 4.78 is 0. The van der Waals surface area contributed by atoms with Gasteiger partial charge >= 0.3 is 0 Å². The van der Waals surface area contributed by atoms with Gasteiger partial charge in [-0.25, -0.2) is 0 Å². The molecule has 0 aliphatic heterocycles. The lowest BCUT2D eigenvalue weighted by atomic mass is 10.00. The number of aliphatic hydroxyl groups is 4. The van der Waals surface area contributed by atoms with E-state index in [4.69, 9.17) is 0 Å². The van der Waals surface area contributed by atoms with Crippen LogP contribution in [0.15, 0.2) is 36.5 Å². The number of aliphatic hydroxyl groups excluding tert-OH is 4. The van der Waals surface area contributed by atoms with Crippen LogP contribution in [0.2, 0.25) is 0 Å². The number of nitrogens with one attached hydrogen (secondary N) is 1. The smallest absolute Gasteiger partial charge is 0.249 e. The quantitative estimate of drug-likeness (QED) is 0.0309. The van der Waals surface area contributed by atoms with Crippen molar-refractivity contribution in [1.29, 1.82) is 0 Å². The Bertz CT molecular complexity index is 950. The zero-order chi connectivity index (χ0) is 43.8. The van der Waals surface area contributed by atoms with Gasteiger partial charge in [-0.2, -0.15) is 0 Å². The second-order valence-electron chi connectivity index (χ2n) is 18.2. The van der Waals surface area contributed by atoms with Crippen molar-refractivity contribution in [3.05, 3.63) is 36.5 Å². The zero-order valence-corrected chi connectivity index (χ0v) is 40.0. The fourth-order valence-electron chi connectivity index (χ4n) is 8.27. The predicted molar refractivity (Wildman–Crippen MR) is 260 cm³/mol. The minimum Gasteiger partial charge on any atom is -0.394 e. The van der Waals surface area contributed by atoms with Gasteiger partial charge in [-0.1, -0.05) is 249 Å². The standard InChI is InChI=1S/C54H103NO5/c1-3-5-7-9-11-13-15-17-18-19-20-21-22-23-24-25-26-27-28-29-30-31-32-33-34-35-36-38-40-42-44-46-48-52(58)54(60)55-50(49-56)53(59)51(57)47-45-43-41-39-37-16-14-12-10-8-6-4-2/h4,6,12,14,39,41,50-53,56-59H,3,5,7-11,13,15-38,40,42-49H2,1-2H3,(H,55,60)/b6-4+,14-12+,41-39+. The maximum Gasteiger partial charge on any atom is 0.249 e. The van der Waals surface area contributed by atoms with Gasteiger partial charge < -0.3 is 25.7 Å². The van der Waals surface area contributed by atoms with Crippen molar-refractivity contribution in [2.24, 2.45) is 0 Å². The first kappa shape index (κ1) is 58.5. The molecule has 0 saturated carbocycles. The van der Waals surface area contributed by atoms with Crippen LogP contribution in [-0.4, -0.2) is 57.3 Å². The largest absolute Gasteiger partial charge is 0.394 e. The molecule has 0 spiro atoms. The zero-order valence-electron chi connectivity index (χ0n) is 40.0. The van der Waals surface area contributed by atoms with Gasteiger partial charge in [-0.3, -0.25) is 4.79 Å².